The van der Waals surface area contributed by atoms with Crippen LogP contribution in [-0.4, -0.2) is 39.9 Å². The minimum absolute atomic E-state index is 0.456. The van der Waals surface area contributed by atoms with E-state index < -0.39 is 0 Å². The maximum Gasteiger partial charge on any atom is 0.0534 e. The molecule has 2 aliphatic rings. The second kappa shape index (κ2) is 6.27. The molecule has 112 valence electrons. The lowest BCUT2D eigenvalue weighted by Crippen LogP contribution is -2.49. The Hall–Kier alpha value is -0.870. The molecule has 0 bridgehead atoms. The molecule has 0 aliphatic carbocycles. The van der Waals surface area contributed by atoms with Crippen molar-refractivity contribution >= 4 is 0 Å². The van der Waals surface area contributed by atoms with Crippen LogP contribution in [-0.2, 0) is 6.54 Å². The van der Waals surface area contributed by atoms with Gasteiger partial charge in [-0.15, -0.1) is 0 Å². The number of aromatic nitrogens is 2. The van der Waals surface area contributed by atoms with E-state index in [9.17, 15) is 0 Å². The first kappa shape index (κ1) is 14.1. The van der Waals surface area contributed by atoms with Gasteiger partial charge in [0.15, 0.2) is 0 Å². The van der Waals surface area contributed by atoms with E-state index in [1.165, 1.54) is 50.8 Å². The average molecular weight is 276 g/mol. The van der Waals surface area contributed by atoms with E-state index in [4.69, 9.17) is 0 Å². The molecule has 2 unspecified atom stereocenters. The number of rotatable bonds is 4. The van der Waals surface area contributed by atoms with Gasteiger partial charge in [-0.3, -0.25) is 9.58 Å². The number of piperidine rings is 1. The van der Waals surface area contributed by atoms with Crippen molar-refractivity contribution < 1.29 is 0 Å². The molecule has 2 aliphatic heterocycles. The Morgan fingerprint density at radius 3 is 2.90 bits per heavy atom. The first-order valence-electron chi connectivity index (χ1n) is 8.24. The summed E-state index contributed by atoms with van der Waals surface area (Å²) in [4.78, 5) is 2.69. The van der Waals surface area contributed by atoms with Crippen LogP contribution in [0.3, 0.4) is 0 Å². The van der Waals surface area contributed by atoms with Gasteiger partial charge >= 0.3 is 0 Å². The fourth-order valence-electron chi connectivity index (χ4n) is 3.68. The molecule has 2 fully saturated rings. The summed E-state index contributed by atoms with van der Waals surface area (Å²) in [6.45, 7) is 7.89. The molecule has 0 radical (unpaired) electrons. The molecule has 4 heteroatoms. The molecule has 1 aromatic rings. The summed E-state index contributed by atoms with van der Waals surface area (Å²) in [5.41, 5.74) is 1.36. The van der Waals surface area contributed by atoms with Crippen molar-refractivity contribution in [3.63, 3.8) is 0 Å². The van der Waals surface area contributed by atoms with Gasteiger partial charge in [0.2, 0.25) is 0 Å². The van der Waals surface area contributed by atoms with E-state index >= 15 is 0 Å². The van der Waals surface area contributed by atoms with Crippen molar-refractivity contribution in [2.75, 3.05) is 13.1 Å². The third-order valence-corrected chi connectivity index (χ3v) is 4.80. The maximum atomic E-state index is 4.48. The smallest absolute Gasteiger partial charge is 0.0534 e. The van der Waals surface area contributed by atoms with Crippen LogP contribution in [0.5, 0.6) is 0 Å². The number of nitrogens with zero attached hydrogens (tertiary/aromatic N) is 3. The highest BCUT2D eigenvalue weighted by Gasteiger charge is 2.31. The molecule has 0 spiro atoms. The number of hydrogen-bond donors (Lipinski definition) is 1. The molecule has 20 heavy (non-hydrogen) atoms. The van der Waals surface area contributed by atoms with Crippen LogP contribution in [0.2, 0.25) is 0 Å². The zero-order valence-electron chi connectivity index (χ0n) is 12.9. The Kier molecular flexibility index (Phi) is 4.41. The third-order valence-electron chi connectivity index (χ3n) is 4.80. The predicted octanol–water partition coefficient (Wildman–Crippen LogP) is 2.57. The normalized spacial score (nSPS) is 28.4. The molecule has 2 atom stereocenters. The van der Waals surface area contributed by atoms with Gasteiger partial charge in [0.1, 0.15) is 0 Å². The fraction of sp³-hybridized carbons (Fsp3) is 0.812. The average Bonchev–Trinajstić information content (AvgIpc) is 3.10. The Labute approximate surface area is 122 Å². The topological polar surface area (TPSA) is 33.1 Å². The van der Waals surface area contributed by atoms with Crippen molar-refractivity contribution in [1.82, 2.24) is 20.0 Å². The zero-order chi connectivity index (χ0) is 13.9. The van der Waals surface area contributed by atoms with E-state index in [2.05, 4.69) is 40.0 Å². The molecule has 1 N–H and O–H groups in total. The number of nitrogens with one attached hydrogen (secondary N) is 1. The van der Waals surface area contributed by atoms with Crippen LogP contribution in [0.25, 0.3) is 0 Å². The van der Waals surface area contributed by atoms with Gasteiger partial charge in [0, 0.05) is 36.4 Å². The minimum atomic E-state index is 0.456. The molecule has 0 saturated carbocycles. The molecular formula is C16H28N4. The summed E-state index contributed by atoms with van der Waals surface area (Å²) in [5.74, 6) is 0. The monoisotopic (exact) mass is 276 g/mol. The van der Waals surface area contributed by atoms with Crippen LogP contribution in [0.15, 0.2) is 12.4 Å². The SMILES string of the molecule is CC(C)n1cc(CN2CCCCC2C2CCCN2)cn1. The summed E-state index contributed by atoms with van der Waals surface area (Å²) in [6, 6.07) is 1.90. The van der Waals surface area contributed by atoms with Gasteiger partial charge in [0.25, 0.3) is 0 Å². The Morgan fingerprint density at radius 2 is 2.20 bits per heavy atom. The summed E-state index contributed by atoms with van der Waals surface area (Å²) in [7, 11) is 0. The highest BCUT2D eigenvalue weighted by Crippen LogP contribution is 2.25. The van der Waals surface area contributed by atoms with Crippen LogP contribution in [0, 0.1) is 0 Å². The quantitative estimate of drug-likeness (QED) is 0.917. The van der Waals surface area contributed by atoms with Crippen molar-refractivity contribution in [3.05, 3.63) is 18.0 Å². The largest absolute Gasteiger partial charge is 0.312 e. The minimum Gasteiger partial charge on any atom is -0.312 e. The van der Waals surface area contributed by atoms with E-state index in [1.54, 1.807) is 0 Å². The summed E-state index contributed by atoms with van der Waals surface area (Å²) >= 11 is 0. The van der Waals surface area contributed by atoms with Gasteiger partial charge in [-0.05, 0) is 52.6 Å². The Bertz CT molecular complexity index is 420. The van der Waals surface area contributed by atoms with Gasteiger partial charge in [-0.25, -0.2) is 0 Å². The highest BCUT2D eigenvalue weighted by atomic mass is 15.3. The van der Waals surface area contributed by atoms with E-state index in [0.717, 1.165) is 18.6 Å². The van der Waals surface area contributed by atoms with Gasteiger partial charge < -0.3 is 5.32 Å². The van der Waals surface area contributed by atoms with Crippen molar-refractivity contribution in [3.8, 4) is 0 Å². The molecule has 1 aromatic heterocycles. The molecule has 0 amide bonds. The second-order valence-corrected chi connectivity index (χ2v) is 6.66. The lowest BCUT2D eigenvalue weighted by atomic mass is 9.94. The molecule has 3 heterocycles. The zero-order valence-corrected chi connectivity index (χ0v) is 12.9. The summed E-state index contributed by atoms with van der Waals surface area (Å²) in [6.07, 6.45) is 11.1. The van der Waals surface area contributed by atoms with Gasteiger partial charge in [-0.1, -0.05) is 6.42 Å². The second-order valence-electron chi connectivity index (χ2n) is 6.66. The Balaban J connectivity index is 1.66. The molecule has 3 rings (SSSR count). The molecular weight excluding hydrogens is 248 g/mol. The first-order valence-corrected chi connectivity index (χ1v) is 8.24. The molecule has 4 nitrogen and oxygen atoms in total. The first-order chi connectivity index (χ1) is 9.74. The van der Waals surface area contributed by atoms with E-state index in [0.29, 0.717) is 6.04 Å². The highest BCUT2D eigenvalue weighted by molar-refractivity contribution is 5.05. The third kappa shape index (κ3) is 3.07. The van der Waals surface area contributed by atoms with Crippen molar-refractivity contribution in [2.45, 2.75) is 70.6 Å². The van der Waals surface area contributed by atoms with Crippen LogP contribution in [0.4, 0.5) is 0 Å². The fourth-order valence-corrected chi connectivity index (χ4v) is 3.68. The summed E-state index contributed by atoms with van der Waals surface area (Å²) < 4.78 is 2.07. The number of likely N-dealkylation sites (tertiary alicyclic amines) is 1. The molecule has 2 saturated heterocycles. The van der Waals surface area contributed by atoms with Crippen molar-refractivity contribution in [2.24, 2.45) is 0 Å². The lowest BCUT2D eigenvalue weighted by molar-refractivity contribution is 0.112. The van der Waals surface area contributed by atoms with E-state index in [1.807, 2.05) is 6.20 Å². The number of hydrogen-bond acceptors (Lipinski definition) is 3. The van der Waals surface area contributed by atoms with Gasteiger partial charge in [-0.2, -0.15) is 5.10 Å². The van der Waals surface area contributed by atoms with Crippen LogP contribution >= 0.6 is 0 Å². The van der Waals surface area contributed by atoms with Crippen LogP contribution < -0.4 is 5.32 Å². The Morgan fingerprint density at radius 1 is 1.30 bits per heavy atom. The standard InChI is InChI=1S/C16H28N4/c1-13(2)20-12-14(10-18-20)11-19-9-4-3-7-16(19)15-6-5-8-17-15/h10,12-13,15-17H,3-9,11H2,1-2H3. The lowest BCUT2D eigenvalue weighted by Gasteiger charge is -2.39. The van der Waals surface area contributed by atoms with E-state index in [-0.39, 0.29) is 0 Å². The summed E-state index contributed by atoms with van der Waals surface area (Å²) in [5, 5.41) is 8.18. The molecule has 0 aromatic carbocycles. The van der Waals surface area contributed by atoms with Crippen LogP contribution in [0.1, 0.15) is 57.6 Å². The van der Waals surface area contributed by atoms with Gasteiger partial charge in [0.05, 0.1) is 6.20 Å². The maximum absolute atomic E-state index is 4.48. The van der Waals surface area contributed by atoms with Crippen molar-refractivity contribution in [1.29, 1.82) is 0 Å². The predicted molar refractivity (Wildman–Crippen MR) is 81.7 cm³/mol.